The number of nitrogens with one attached hydrogen (secondary N) is 1. The first-order chi connectivity index (χ1) is 12.7. The van der Waals surface area contributed by atoms with Crippen LogP contribution in [0.2, 0.25) is 5.02 Å². The zero-order chi connectivity index (χ0) is 17.9. The number of amides is 1. The van der Waals surface area contributed by atoms with Crippen molar-refractivity contribution in [1.29, 1.82) is 0 Å². The summed E-state index contributed by atoms with van der Waals surface area (Å²) in [5.41, 5.74) is 1.62. The van der Waals surface area contributed by atoms with E-state index in [1.165, 1.54) is 12.8 Å². The predicted octanol–water partition coefficient (Wildman–Crippen LogP) is 3.64. The monoisotopic (exact) mass is 372 g/mol. The number of fused-ring (bicyclic) bond motifs is 1. The van der Waals surface area contributed by atoms with Crippen LogP contribution in [0.15, 0.2) is 42.5 Å². The molecule has 2 aromatic rings. The Morgan fingerprint density at radius 3 is 2.69 bits per heavy atom. The largest absolute Gasteiger partial charge is 0.454 e. The van der Waals surface area contributed by atoms with Gasteiger partial charge >= 0.3 is 0 Å². The minimum absolute atomic E-state index is 0.0958. The molecule has 2 aliphatic rings. The van der Waals surface area contributed by atoms with Crippen LogP contribution in [-0.2, 0) is 0 Å². The third-order valence-electron chi connectivity index (χ3n) is 4.94. The molecule has 0 unspecified atom stereocenters. The Labute approximate surface area is 157 Å². The zero-order valence-corrected chi connectivity index (χ0v) is 15.2. The van der Waals surface area contributed by atoms with Gasteiger partial charge in [-0.1, -0.05) is 29.8 Å². The molecule has 2 aromatic carbocycles. The molecule has 4 rings (SSSR count). The van der Waals surface area contributed by atoms with Crippen molar-refractivity contribution in [3.05, 3.63) is 58.6 Å². The van der Waals surface area contributed by atoms with Gasteiger partial charge in [-0.25, -0.2) is 0 Å². The SMILES string of the molecule is O=C(NC[C@@H](c1ccc2c(c1)OCO2)N1CCCC1)c1ccccc1Cl. The lowest BCUT2D eigenvalue weighted by molar-refractivity contribution is 0.0938. The average Bonchev–Trinajstić information content (AvgIpc) is 3.33. The molecule has 6 heteroatoms. The second-order valence-corrected chi connectivity index (χ2v) is 6.97. The van der Waals surface area contributed by atoms with Gasteiger partial charge in [-0.2, -0.15) is 0 Å². The van der Waals surface area contributed by atoms with Crippen molar-refractivity contribution in [2.75, 3.05) is 26.4 Å². The van der Waals surface area contributed by atoms with E-state index in [4.69, 9.17) is 21.1 Å². The summed E-state index contributed by atoms with van der Waals surface area (Å²) >= 11 is 6.14. The quantitative estimate of drug-likeness (QED) is 0.870. The molecule has 0 radical (unpaired) electrons. The molecule has 26 heavy (non-hydrogen) atoms. The van der Waals surface area contributed by atoms with E-state index in [-0.39, 0.29) is 18.7 Å². The number of carbonyl (C=O) groups is 1. The molecule has 0 bridgehead atoms. The van der Waals surface area contributed by atoms with Crippen LogP contribution in [0.1, 0.15) is 34.8 Å². The van der Waals surface area contributed by atoms with Crippen molar-refractivity contribution in [2.24, 2.45) is 0 Å². The van der Waals surface area contributed by atoms with Gasteiger partial charge in [-0.15, -0.1) is 0 Å². The van der Waals surface area contributed by atoms with Gasteiger partial charge in [0.25, 0.3) is 5.91 Å². The molecule has 5 nitrogen and oxygen atoms in total. The fraction of sp³-hybridized carbons (Fsp3) is 0.350. The second kappa shape index (κ2) is 7.56. The third kappa shape index (κ3) is 3.50. The van der Waals surface area contributed by atoms with Gasteiger partial charge in [0.15, 0.2) is 11.5 Å². The molecule has 1 N–H and O–H groups in total. The number of hydrogen-bond donors (Lipinski definition) is 1. The lowest BCUT2D eigenvalue weighted by atomic mass is 10.0. The third-order valence-corrected chi connectivity index (χ3v) is 5.27. The highest BCUT2D eigenvalue weighted by molar-refractivity contribution is 6.33. The summed E-state index contributed by atoms with van der Waals surface area (Å²) < 4.78 is 10.9. The topological polar surface area (TPSA) is 50.8 Å². The molecular weight excluding hydrogens is 352 g/mol. The van der Waals surface area contributed by atoms with E-state index in [9.17, 15) is 4.79 Å². The van der Waals surface area contributed by atoms with Crippen LogP contribution in [0.25, 0.3) is 0 Å². The lowest BCUT2D eigenvalue weighted by Gasteiger charge is -2.28. The first-order valence-corrected chi connectivity index (χ1v) is 9.26. The summed E-state index contributed by atoms with van der Waals surface area (Å²) in [7, 11) is 0. The van der Waals surface area contributed by atoms with E-state index < -0.39 is 0 Å². The molecule has 0 aliphatic carbocycles. The molecule has 1 saturated heterocycles. The Kier molecular flexibility index (Phi) is 5.00. The number of carbonyl (C=O) groups excluding carboxylic acids is 1. The van der Waals surface area contributed by atoms with Gasteiger partial charge in [-0.3, -0.25) is 9.69 Å². The summed E-state index contributed by atoms with van der Waals surface area (Å²) in [4.78, 5) is 15.0. The number of benzene rings is 2. The molecule has 1 atom stereocenters. The van der Waals surface area contributed by atoms with Crippen LogP contribution in [-0.4, -0.2) is 37.2 Å². The van der Waals surface area contributed by atoms with Crippen molar-refractivity contribution < 1.29 is 14.3 Å². The van der Waals surface area contributed by atoms with E-state index in [0.717, 1.165) is 30.2 Å². The van der Waals surface area contributed by atoms with Crippen molar-refractivity contribution in [2.45, 2.75) is 18.9 Å². The van der Waals surface area contributed by atoms with E-state index >= 15 is 0 Å². The average molecular weight is 373 g/mol. The second-order valence-electron chi connectivity index (χ2n) is 6.56. The van der Waals surface area contributed by atoms with Gasteiger partial charge < -0.3 is 14.8 Å². The smallest absolute Gasteiger partial charge is 0.252 e. The summed E-state index contributed by atoms with van der Waals surface area (Å²) in [5.74, 6) is 1.39. The fourth-order valence-electron chi connectivity index (χ4n) is 3.56. The van der Waals surface area contributed by atoms with Gasteiger partial charge in [0.2, 0.25) is 6.79 Å². The first-order valence-electron chi connectivity index (χ1n) is 8.89. The standard InChI is InChI=1S/C20H21ClN2O3/c21-16-6-2-1-5-15(16)20(24)22-12-17(23-9-3-4-10-23)14-7-8-18-19(11-14)26-13-25-18/h1-2,5-8,11,17H,3-4,9-10,12-13H2,(H,22,24)/t17-/m0/s1. The number of ether oxygens (including phenoxy) is 2. The van der Waals surface area contributed by atoms with Crippen LogP contribution < -0.4 is 14.8 Å². The summed E-state index contributed by atoms with van der Waals surface area (Å²) in [6.07, 6.45) is 2.36. The molecule has 2 aliphatic heterocycles. The van der Waals surface area contributed by atoms with Crippen molar-refractivity contribution in [3.8, 4) is 11.5 Å². The maximum absolute atomic E-state index is 12.5. The van der Waals surface area contributed by atoms with Crippen LogP contribution in [0.4, 0.5) is 0 Å². The Hall–Kier alpha value is -2.24. The predicted molar refractivity (Wildman–Crippen MR) is 99.9 cm³/mol. The van der Waals surface area contributed by atoms with Gasteiger partial charge in [0.1, 0.15) is 0 Å². The fourth-order valence-corrected chi connectivity index (χ4v) is 3.78. The molecule has 0 spiro atoms. The highest BCUT2D eigenvalue weighted by Crippen LogP contribution is 2.36. The minimum Gasteiger partial charge on any atom is -0.454 e. The van der Waals surface area contributed by atoms with E-state index in [0.29, 0.717) is 17.1 Å². The minimum atomic E-state index is -0.152. The Balaban J connectivity index is 1.52. The number of rotatable bonds is 5. The Morgan fingerprint density at radius 2 is 1.88 bits per heavy atom. The van der Waals surface area contributed by atoms with Gasteiger partial charge in [-0.05, 0) is 55.8 Å². The first kappa shape index (κ1) is 17.2. The number of halogens is 1. The van der Waals surface area contributed by atoms with Crippen molar-refractivity contribution in [1.82, 2.24) is 10.2 Å². The molecule has 1 fully saturated rings. The molecule has 1 amide bonds. The highest BCUT2D eigenvalue weighted by Gasteiger charge is 2.26. The Bertz CT molecular complexity index is 805. The molecular formula is C20H21ClN2O3. The summed E-state index contributed by atoms with van der Waals surface area (Å²) in [6, 6.07) is 13.2. The van der Waals surface area contributed by atoms with Crippen LogP contribution >= 0.6 is 11.6 Å². The Morgan fingerprint density at radius 1 is 1.12 bits per heavy atom. The summed E-state index contributed by atoms with van der Waals surface area (Å²) in [6.45, 7) is 2.84. The number of nitrogens with zero attached hydrogens (tertiary/aromatic N) is 1. The maximum Gasteiger partial charge on any atom is 0.252 e. The van der Waals surface area contributed by atoms with Crippen LogP contribution in [0, 0.1) is 0 Å². The summed E-state index contributed by atoms with van der Waals surface area (Å²) in [5, 5.41) is 3.51. The highest BCUT2D eigenvalue weighted by atomic mass is 35.5. The maximum atomic E-state index is 12.5. The van der Waals surface area contributed by atoms with Crippen LogP contribution in [0.5, 0.6) is 11.5 Å². The van der Waals surface area contributed by atoms with E-state index in [1.807, 2.05) is 24.3 Å². The lowest BCUT2D eigenvalue weighted by Crippen LogP contribution is -2.36. The number of likely N-dealkylation sites (tertiary alicyclic amines) is 1. The molecule has 0 aromatic heterocycles. The molecule has 0 saturated carbocycles. The van der Waals surface area contributed by atoms with Gasteiger partial charge in [0.05, 0.1) is 16.6 Å². The molecule has 136 valence electrons. The van der Waals surface area contributed by atoms with E-state index in [2.05, 4.69) is 16.3 Å². The zero-order valence-electron chi connectivity index (χ0n) is 14.4. The normalized spacial score (nSPS) is 17.3. The van der Waals surface area contributed by atoms with Crippen molar-refractivity contribution in [3.63, 3.8) is 0 Å². The number of hydrogen-bond acceptors (Lipinski definition) is 4. The van der Waals surface area contributed by atoms with Crippen LogP contribution in [0.3, 0.4) is 0 Å². The molecule has 2 heterocycles. The van der Waals surface area contributed by atoms with Gasteiger partial charge in [0, 0.05) is 6.54 Å². The van der Waals surface area contributed by atoms with E-state index in [1.54, 1.807) is 12.1 Å². The van der Waals surface area contributed by atoms with Crippen molar-refractivity contribution >= 4 is 17.5 Å².